The van der Waals surface area contributed by atoms with Crippen LogP contribution in [0.25, 0.3) is 0 Å². The molecule has 2 unspecified atom stereocenters. The molecule has 6 heterocycles. The monoisotopic (exact) mass is 1550 g/mol. The Hall–Kier alpha value is -9.51. The van der Waals surface area contributed by atoms with Crippen molar-refractivity contribution in [1.82, 2.24) is 20.4 Å². The number of carbonyl (C=O) groups is 7. The summed E-state index contributed by atoms with van der Waals surface area (Å²) in [5.41, 5.74) is 4.88. The Labute approximate surface area is 631 Å². The summed E-state index contributed by atoms with van der Waals surface area (Å²) in [6.07, 6.45) is -22.4. The van der Waals surface area contributed by atoms with E-state index in [1.165, 1.54) is 91.8 Å². The normalized spacial score (nSPS) is 25.3. The van der Waals surface area contributed by atoms with Gasteiger partial charge in [-0.25, -0.2) is 24.2 Å². The summed E-state index contributed by atoms with van der Waals surface area (Å²) in [7, 11) is 4.13. The molecule has 14 N–H and O–H groups in total. The summed E-state index contributed by atoms with van der Waals surface area (Å²) in [5.74, 6) is -4.42. The number of aliphatic hydroxyl groups is 9. The van der Waals surface area contributed by atoms with Crippen LogP contribution in [0.3, 0.4) is 0 Å². The van der Waals surface area contributed by atoms with Gasteiger partial charge in [-0.1, -0.05) is 36.4 Å². The molecule has 0 aliphatic carbocycles. The lowest BCUT2D eigenvalue weighted by Crippen LogP contribution is -2.61. The van der Waals surface area contributed by atoms with Gasteiger partial charge in [-0.2, -0.15) is 0 Å². The van der Waals surface area contributed by atoms with Gasteiger partial charge in [-0.3, -0.25) is 19.2 Å². The maximum atomic E-state index is 14.7. The molecule has 10 rings (SSSR count). The molecule has 0 saturated carbocycles. The van der Waals surface area contributed by atoms with E-state index in [9.17, 15) is 84.6 Å². The van der Waals surface area contributed by atoms with E-state index in [1.54, 1.807) is 27.7 Å². The molecule has 6 aliphatic heterocycles. The van der Waals surface area contributed by atoms with Crippen molar-refractivity contribution >= 4 is 53.2 Å². The Morgan fingerprint density at radius 3 is 1.51 bits per heavy atom. The van der Waals surface area contributed by atoms with Crippen molar-refractivity contribution in [2.75, 3.05) is 83.8 Å². The van der Waals surface area contributed by atoms with Gasteiger partial charge in [0.25, 0.3) is 23.6 Å². The van der Waals surface area contributed by atoms with Crippen LogP contribution in [-0.4, -0.2) is 274 Å². The molecule has 0 radical (unpaired) electrons. The average Bonchev–Trinajstić information content (AvgIpc) is 1.57. The maximum Gasteiger partial charge on any atom is 0.416 e. The number of amides is 6. The summed E-state index contributed by atoms with van der Waals surface area (Å²) >= 11 is 0. The van der Waals surface area contributed by atoms with Gasteiger partial charge in [-0.15, -0.1) is 0 Å². The molecule has 36 nitrogen and oxygen atoms in total. The number of unbranched alkanes of at least 4 members (excludes halogenated alkanes) is 2. The predicted octanol–water partition coefficient (Wildman–Crippen LogP) is 1.26. The molecule has 0 bridgehead atoms. The van der Waals surface area contributed by atoms with E-state index < -0.39 is 159 Å². The molecule has 600 valence electrons. The minimum Gasteiger partial charge on any atom is -0.493 e. The zero-order chi connectivity index (χ0) is 80.0. The van der Waals surface area contributed by atoms with E-state index >= 15 is 0 Å². The number of fused-ring (bicyclic) bond motifs is 4. The average molecular weight is 1550 g/mol. The second kappa shape index (κ2) is 35.2. The van der Waals surface area contributed by atoms with Crippen molar-refractivity contribution in [1.29, 1.82) is 0 Å². The number of aliphatic carboxylic acids is 1. The fraction of sp³-hybridized carbons (Fsp3) is 0.527. The smallest absolute Gasteiger partial charge is 0.416 e. The van der Waals surface area contributed by atoms with Gasteiger partial charge in [0.1, 0.15) is 73.2 Å². The number of ether oxygens (including phenoxy) is 12. The Balaban J connectivity index is 0.831. The molecule has 4 fully saturated rings. The van der Waals surface area contributed by atoms with Gasteiger partial charge in [-0.05, 0) is 114 Å². The van der Waals surface area contributed by atoms with Gasteiger partial charge in [0, 0.05) is 44.4 Å². The van der Waals surface area contributed by atoms with E-state index in [-0.39, 0.29) is 145 Å². The van der Waals surface area contributed by atoms with Gasteiger partial charge in [0.15, 0.2) is 41.6 Å². The largest absolute Gasteiger partial charge is 0.493 e. The van der Waals surface area contributed by atoms with E-state index in [2.05, 4.69) is 23.8 Å². The van der Waals surface area contributed by atoms with Crippen molar-refractivity contribution in [3.63, 3.8) is 0 Å². The van der Waals surface area contributed by atoms with Crippen molar-refractivity contribution in [2.45, 2.75) is 177 Å². The number of rotatable bonds is 30. The second-order valence-electron chi connectivity index (χ2n) is 28.5. The van der Waals surface area contributed by atoms with Gasteiger partial charge >= 0.3 is 18.2 Å². The molecule has 0 spiro atoms. The molecule has 0 aromatic heterocycles. The number of nitrogens with two attached hydrogens (primary N) is 1. The van der Waals surface area contributed by atoms with Crippen LogP contribution >= 0.6 is 0 Å². The van der Waals surface area contributed by atoms with Gasteiger partial charge < -0.3 is 134 Å². The molecule has 14 atom stereocenters. The zero-order valence-electron chi connectivity index (χ0n) is 61.7. The number of carbonyl (C=O) groups excluding carboxylic acids is 6. The number of carboxylic acids is 1. The van der Waals surface area contributed by atoms with E-state index in [0.29, 0.717) is 30.4 Å². The number of anilines is 2. The number of carboxylic acid groups (broad SMARTS) is 1. The molecule has 4 aromatic carbocycles. The van der Waals surface area contributed by atoms with Crippen molar-refractivity contribution in [2.24, 2.45) is 5.73 Å². The van der Waals surface area contributed by atoms with E-state index in [1.807, 2.05) is 0 Å². The van der Waals surface area contributed by atoms with Crippen LogP contribution in [0.15, 0.2) is 85.0 Å². The van der Waals surface area contributed by atoms with Crippen LogP contribution in [0.1, 0.15) is 119 Å². The lowest BCUT2D eigenvalue weighted by Gasteiger charge is -2.39. The Kier molecular flexibility index (Phi) is 26.6. The molecule has 4 saturated heterocycles. The van der Waals surface area contributed by atoms with Crippen LogP contribution in [0.5, 0.6) is 34.5 Å². The summed E-state index contributed by atoms with van der Waals surface area (Å²) < 4.78 is 69.1. The first-order valence-electron chi connectivity index (χ1n) is 35.5. The lowest BCUT2D eigenvalue weighted by molar-refractivity contribution is -0.277. The molecular formula is C74H95N7O29. The number of aliphatic hydroxyl groups excluding tert-OH is 9. The number of hydrogen-bond acceptors (Lipinski definition) is 29. The highest BCUT2D eigenvalue weighted by molar-refractivity contribution is 6.07. The maximum absolute atomic E-state index is 14.7. The van der Waals surface area contributed by atoms with Crippen LogP contribution in [0, 0.1) is 0 Å². The first kappa shape index (κ1) is 83.0. The third kappa shape index (κ3) is 18.6. The molecule has 6 aliphatic rings. The van der Waals surface area contributed by atoms with Gasteiger partial charge in [0.05, 0.1) is 93.0 Å². The third-order valence-corrected chi connectivity index (χ3v) is 19.3. The second-order valence-corrected chi connectivity index (χ2v) is 28.5. The minimum absolute atomic E-state index is 0.0257. The highest BCUT2D eigenvalue weighted by Crippen LogP contribution is 2.45. The van der Waals surface area contributed by atoms with Gasteiger partial charge in [0.2, 0.25) is 12.6 Å². The number of nitrogens with one attached hydrogen (secondary N) is 2. The first-order chi connectivity index (χ1) is 52.2. The van der Waals surface area contributed by atoms with E-state index in [4.69, 9.17) is 62.6 Å². The quantitative estimate of drug-likeness (QED) is 0.0198. The summed E-state index contributed by atoms with van der Waals surface area (Å²) in [4.78, 5) is 103. The zero-order valence-corrected chi connectivity index (χ0v) is 61.7. The third-order valence-electron chi connectivity index (χ3n) is 19.3. The van der Waals surface area contributed by atoms with E-state index in [0.717, 1.165) is 9.80 Å². The SMILES string of the molecule is C=C1C[C@H]2C(O)N(C(=O)OCc3ccc(O[C@@H]4O[C@H](C(=O)O)[C@H](O)[C@H](O)[C@H]4O)c(C(=O)NC(C)(C)CCOC(C)(C)N)c3)c3cc(OCCCCCOc4cc5c(cc4OC)C(=O)N4CC(=C)C[C@H]4C(O)N5C(=O)OCc4ccc(O[C@@H]5O[C@H](CO)[C@H](O)[C@H](O)[C@H]5O)c(C(=O)NCCOC)c4)c(OC)cc3C(=O)N2C1. The first-order valence-corrected chi connectivity index (χ1v) is 35.5. The summed E-state index contributed by atoms with van der Waals surface area (Å²) in [6.45, 7) is 13.4. The standard InChI is InChI=1S/C74H95N7O29/c1-36-23-46-66(93)80(71(97)104-34-38-13-15-48(42(25-38)62(89)76-18-22-99-7)107-69-59(87)56(84)55(83)54(33-82)109-69)44-29-52(50(100-8)27-40(44)64(91)78(46)31-36)102-19-11-10-12-20-103-53-30-45-41(28-51(53)101-9)65(92)79-32-37(2)24-47(79)67(94)81(45)72(98)105-35-39-14-16-49(108-70-60(88)57(85)58(86)61(110-70)68(95)96)43(26-39)63(90)77-73(3,4)17-21-106-74(5,6)75/h13-16,25-30,46-47,54-61,66-67,69-70,82-88,93-94H,1-2,10-12,17-24,31-35,75H2,3-9H3,(H,76,89)(H,77,90)(H,95,96)/t46-,47-,54+,55-,56-,57-,58+,59+,60+,61-,66?,67?,69+,70+/m0/s1. The Morgan fingerprint density at radius 2 is 1.05 bits per heavy atom. The fourth-order valence-corrected chi connectivity index (χ4v) is 13.4. The number of benzene rings is 4. The van der Waals surface area contributed by atoms with Crippen LogP contribution in [0.4, 0.5) is 21.0 Å². The lowest BCUT2D eigenvalue weighted by atomic mass is 9.98. The highest BCUT2D eigenvalue weighted by Gasteiger charge is 2.51. The topological polar surface area (TPSA) is 496 Å². The minimum atomic E-state index is -2.05. The number of nitrogens with zero attached hydrogens (tertiary/aromatic N) is 4. The number of methoxy groups -OCH3 is 3. The summed E-state index contributed by atoms with van der Waals surface area (Å²) in [5, 5.41) is 113. The van der Waals surface area contributed by atoms with Crippen molar-refractivity contribution in [3.05, 3.63) is 118 Å². The molecular weight excluding hydrogens is 1450 g/mol. The highest BCUT2D eigenvalue weighted by atomic mass is 16.7. The summed E-state index contributed by atoms with van der Waals surface area (Å²) in [6, 6.07) is 11.5. The fourth-order valence-electron chi connectivity index (χ4n) is 13.4. The molecule has 6 amide bonds. The predicted molar refractivity (Wildman–Crippen MR) is 382 cm³/mol. The molecule has 110 heavy (non-hydrogen) atoms. The Morgan fingerprint density at radius 1 is 0.582 bits per heavy atom. The van der Waals surface area contributed by atoms with Crippen molar-refractivity contribution < 1.29 is 141 Å². The van der Waals surface area contributed by atoms with Crippen LogP contribution < -0.4 is 54.6 Å². The molecule has 36 heteroatoms. The van der Waals surface area contributed by atoms with Crippen LogP contribution in [-0.2, 0) is 46.4 Å². The Bertz CT molecular complexity index is 4080. The number of hydrogen-bond donors (Lipinski definition) is 13. The van der Waals surface area contributed by atoms with Crippen LogP contribution in [0.2, 0.25) is 0 Å². The van der Waals surface area contributed by atoms with Crippen molar-refractivity contribution in [3.8, 4) is 34.5 Å². The molecule has 4 aromatic rings.